The van der Waals surface area contributed by atoms with E-state index in [4.69, 9.17) is 0 Å². The molecule has 0 unspecified atom stereocenters. The Kier molecular flexibility index (Phi) is 6.39. The molecule has 2 rings (SSSR count). The maximum Gasteiger partial charge on any atom is 0.253 e. The molecule has 2 N–H and O–H groups in total. The monoisotopic (exact) mass is 307 g/mol. The van der Waals surface area contributed by atoms with Gasteiger partial charge >= 0.3 is 0 Å². The van der Waals surface area contributed by atoms with Gasteiger partial charge in [-0.05, 0) is 26.0 Å². The summed E-state index contributed by atoms with van der Waals surface area (Å²) in [5.74, 6) is 2.41. The first-order valence-electron chi connectivity index (χ1n) is 7.60. The predicted molar refractivity (Wildman–Crippen MR) is 91.3 cm³/mol. The maximum absolute atomic E-state index is 12.3. The molecule has 1 aromatic carbocycles. The molecule has 1 aliphatic rings. The SMILES string of the molecule is CC(C)Nc1ccccc1C(=O)NCCN1CCSCC1. The molecule has 1 fully saturated rings. The Hall–Kier alpha value is -1.20. The molecule has 0 aromatic heterocycles. The fourth-order valence-corrected chi connectivity index (χ4v) is 3.34. The molecular weight excluding hydrogens is 282 g/mol. The Morgan fingerprint density at radius 2 is 2.00 bits per heavy atom. The molecule has 0 saturated carbocycles. The largest absolute Gasteiger partial charge is 0.382 e. The standard InChI is InChI=1S/C16H25N3OS/c1-13(2)18-15-6-4-3-5-14(15)16(20)17-7-8-19-9-11-21-12-10-19/h3-6,13,18H,7-12H2,1-2H3,(H,17,20). The van der Waals surface area contributed by atoms with Gasteiger partial charge in [-0.2, -0.15) is 11.8 Å². The van der Waals surface area contributed by atoms with Crippen molar-refractivity contribution in [2.45, 2.75) is 19.9 Å². The fourth-order valence-electron chi connectivity index (χ4n) is 2.37. The van der Waals surface area contributed by atoms with E-state index >= 15 is 0 Å². The zero-order valence-electron chi connectivity index (χ0n) is 12.9. The molecule has 1 saturated heterocycles. The average Bonchev–Trinajstić information content (AvgIpc) is 2.48. The molecule has 1 amide bonds. The molecular formula is C16H25N3OS. The molecule has 4 nitrogen and oxygen atoms in total. The van der Waals surface area contributed by atoms with Gasteiger partial charge in [0.05, 0.1) is 5.56 Å². The van der Waals surface area contributed by atoms with Gasteiger partial charge in [-0.1, -0.05) is 12.1 Å². The first kappa shape index (κ1) is 16.2. The molecule has 0 bridgehead atoms. The van der Waals surface area contributed by atoms with Crippen molar-refractivity contribution >= 4 is 23.4 Å². The van der Waals surface area contributed by atoms with Crippen molar-refractivity contribution in [3.05, 3.63) is 29.8 Å². The molecule has 21 heavy (non-hydrogen) atoms. The summed E-state index contributed by atoms with van der Waals surface area (Å²) >= 11 is 2.01. The molecule has 1 aromatic rings. The predicted octanol–water partition coefficient (Wildman–Crippen LogP) is 2.29. The molecule has 5 heteroatoms. The second kappa shape index (κ2) is 8.29. The molecule has 1 aliphatic heterocycles. The number of carbonyl (C=O) groups excluding carboxylic acids is 1. The van der Waals surface area contributed by atoms with Gasteiger partial charge in [0.2, 0.25) is 0 Å². The van der Waals surface area contributed by atoms with Crippen molar-refractivity contribution in [1.82, 2.24) is 10.2 Å². The Labute approximate surface area is 131 Å². The first-order chi connectivity index (χ1) is 10.2. The molecule has 1 heterocycles. The van der Waals surface area contributed by atoms with Crippen LogP contribution in [-0.4, -0.2) is 54.5 Å². The van der Waals surface area contributed by atoms with Crippen LogP contribution in [0.5, 0.6) is 0 Å². The highest BCUT2D eigenvalue weighted by molar-refractivity contribution is 7.99. The Bertz CT molecular complexity index is 459. The third kappa shape index (κ3) is 5.25. The number of hydrogen-bond acceptors (Lipinski definition) is 4. The van der Waals surface area contributed by atoms with Gasteiger partial charge in [0.25, 0.3) is 5.91 Å². The number of hydrogen-bond donors (Lipinski definition) is 2. The van der Waals surface area contributed by atoms with Crippen molar-refractivity contribution in [3.63, 3.8) is 0 Å². The normalized spacial score (nSPS) is 16.0. The van der Waals surface area contributed by atoms with Gasteiger partial charge in [-0.25, -0.2) is 0 Å². The Morgan fingerprint density at radius 3 is 2.71 bits per heavy atom. The van der Waals surface area contributed by atoms with E-state index in [1.54, 1.807) is 0 Å². The van der Waals surface area contributed by atoms with Crippen molar-refractivity contribution < 1.29 is 4.79 Å². The number of benzene rings is 1. The van der Waals surface area contributed by atoms with Gasteiger partial charge < -0.3 is 10.6 Å². The third-order valence-electron chi connectivity index (χ3n) is 3.43. The van der Waals surface area contributed by atoms with E-state index in [0.29, 0.717) is 12.6 Å². The summed E-state index contributed by atoms with van der Waals surface area (Å²) in [6.07, 6.45) is 0. The lowest BCUT2D eigenvalue weighted by atomic mass is 10.1. The van der Waals surface area contributed by atoms with Gasteiger partial charge in [-0.15, -0.1) is 0 Å². The van der Waals surface area contributed by atoms with Gasteiger partial charge in [-0.3, -0.25) is 9.69 Å². The van der Waals surface area contributed by atoms with E-state index < -0.39 is 0 Å². The Morgan fingerprint density at radius 1 is 1.29 bits per heavy atom. The zero-order chi connectivity index (χ0) is 15.1. The first-order valence-corrected chi connectivity index (χ1v) is 8.76. The molecule has 0 atom stereocenters. The lowest BCUT2D eigenvalue weighted by Crippen LogP contribution is -2.39. The lowest BCUT2D eigenvalue weighted by Gasteiger charge is -2.26. The summed E-state index contributed by atoms with van der Waals surface area (Å²) in [6, 6.07) is 7.99. The van der Waals surface area contributed by atoms with Gasteiger partial charge in [0.1, 0.15) is 0 Å². The van der Waals surface area contributed by atoms with E-state index in [1.807, 2.05) is 36.0 Å². The van der Waals surface area contributed by atoms with Crippen LogP contribution in [0.2, 0.25) is 0 Å². The van der Waals surface area contributed by atoms with Crippen molar-refractivity contribution in [1.29, 1.82) is 0 Å². The van der Waals surface area contributed by atoms with Crippen LogP contribution in [0.25, 0.3) is 0 Å². The molecule has 0 spiro atoms. The summed E-state index contributed by atoms with van der Waals surface area (Å²) in [5, 5.41) is 6.35. The number of nitrogens with one attached hydrogen (secondary N) is 2. The van der Waals surface area contributed by atoms with E-state index in [9.17, 15) is 4.79 Å². The minimum absolute atomic E-state index is 0.00475. The Balaban J connectivity index is 1.85. The van der Waals surface area contributed by atoms with Crippen LogP contribution in [0.1, 0.15) is 24.2 Å². The quantitative estimate of drug-likeness (QED) is 0.846. The van der Waals surface area contributed by atoms with Crippen LogP contribution in [0, 0.1) is 0 Å². The maximum atomic E-state index is 12.3. The highest BCUT2D eigenvalue weighted by atomic mass is 32.2. The highest BCUT2D eigenvalue weighted by Gasteiger charge is 2.13. The smallest absolute Gasteiger partial charge is 0.253 e. The second-order valence-corrected chi connectivity index (χ2v) is 6.78. The fraction of sp³-hybridized carbons (Fsp3) is 0.562. The molecule has 0 aliphatic carbocycles. The van der Waals surface area contributed by atoms with Crippen LogP contribution in [0.4, 0.5) is 5.69 Å². The van der Waals surface area contributed by atoms with Crippen molar-refractivity contribution in [2.24, 2.45) is 0 Å². The van der Waals surface area contributed by atoms with E-state index in [0.717, 1.165) is 30.9 Å². The highest BCUT2D eigenvalue weighted by Crippen LogP contribution is 2.16. The molecule has 0 radical (unpaired) electrons. The summed E-state index contributed by atoms with van der Waals surface area (Å²) in [4.78, 5) is 14.7. The second-order valence-electron chi connectivity index (χ2n) is 5.55. The number of para-hydroxylation sites is 1. The summed E-state index contributed by atoms with van der Waals surface area (Å²) in [7, 11) is 0. The number of carbonyl (C=O) groups is 1. The van der Waals surface area contributed by atoms with Crippen molar-refractivity contribution in [2.75, 3.05) is 43.0 Å². The number of anilines is 1. The van der Waals surface area contributed by atoms with Crippen LogP contribution >= 0.6 is 11.8 Å². The van der Waals surface area contributed by atoms with E-state index in [1.165, 1.54) is 11.5 Å². The van der Waals surface area contributed by atoms with Crippen LogP contribution < -0.4 is 10.6 Å². The zero-order valence-corrected chi connectivity index (χ0v) is 13.7. The minimum Gasteiger partial charge on any atom is -0.382 e. The van der Waals surface area contributed by atoms with Gasteiger partial charge in [0.15, 0.2) is 0 Å². The number of rotatable bonds is 6. The van der Waals surface area contributed by atoms with Crippen LogP contribution in [0.3, 0.4) is 0 Å². The molecule has 116 valence electrons. The summed E-state index contributed by atoms with van der Waals surface area (Å²) in [6.45, 7) is 8.05. The topological polar surface area (TPSA) is 44.4 Å². The van der Waals surface area contributed by atoms with Crippen molar-refractivity contribution in [3.8, 4) is 0 Å². The van der Waals surface area contributed by atoms with E-state index in [2.05, 4.69) is 29.4 Å². The van der Waals surface area contributed by atoms with Crippen LogP contribution in [0.15, 0.2) is 24.3 Å². The number of amides is 1. The van der Waals surface area contributed by atoms with E-state index in [-0.39, 0.29) is 5.91 Å². The minimum atomic E-state index is 0.00475. The summed E-state index contributed by atoms with van der Waals surface area (Å²) in [5.41, 5.74) is 1.62. The lowest BCUT2D eigenvalue weighted by molar-refractivity contribution is 0.0949. The van der Waals surface area contributed by atoms with Crippen LogP contribution in [-0.2, 0) is 0 Å². The third-order valence-corrected chi connectivity index (χ3v) is 4.38. The number of nitrogens with zero attached hydrogens (tertiary/aromatic N) is 1. The van der Waals surface area contributed by atoms with Gasteiger partial charge in [0, 0.05) is 49.4 Å². The number of thioether (sulfide) groups is 1. The summed E-state index contributed by atoms with van der Waals surface area (Å²) < 4.78 is 0. The average molecular weight is 307 g/mol.